The monoisotopic (exact) mass is 230 g/mol. The summed E-state index contributed by atoms with van der Waals surface area (Å²) in [5.74, 6) is -0.371. The summed E-state index contributed by atoms with van der Waals surface area (Å²) in [6, 6.07) is -0.311. The van der Waals surface area contributed by atoms with Crippen LogP contribution in [0.1, 0.15) is 27.2 Å². The number of nitrogens with zero attached hydrogens (tertiary/aromatic N) is 1. The van der Waals surface area contributed by atoms with Gasteiger partial charge in [-0.15, -0.1) is 0 Å². The maximum atomic E-state index is 11.5. The Morgan fingerprint density at radius 1 is 1.38 bits per heavy atom. The van der Waals surface area contributed by atoms with Crippen LogP contribution in [0, 0.1) is 0 Å². The summed E-state index contributed by atoms with van der Waals surface area (Å²) in [6.07, 6.45) is 0.890. The van der Waals surface area contributed by atoms with Crippen LogP contribution in [-0.2, 0) is 14.3 Å². The number of esters is 1. The lowest BCUT2D eigenvalue weighted by atomic mass is 10.2. The lowest BCUT2D eigenvalue weighted by Crippen LogP contribution is -2.46. The smallest absolute Gasteiger partial charge is 0.320 e. The number of carbonyl (C=O) groups excluding carboxylic acids is 2. The highest BCUT2D eigenvalue weighted by Crippen LogP contribution is 2.01. The van der Waals surface area contributed by atoms with Crippen LogP contribution in [0.3, 0.4) is 0 Å². The van der Waals surface area contributed by atoms with E-state index in [0.717, 1.165) is 6.42 Å². The van der Waals surface area contributed by atoms with E-state index >= 15 is 0 Å². The predicted octanol–water partition coefficient (Wildman–Crippen LogP) is 0.396. The van der Waals surface area contributed by atoms with Gasteiger partial charge in [-0.2, -0.15) is 0 Å². The third-order valence-corrected chi connectivity index (χ3v) is 2.32. The Labute approximate surface area is 97.1 Å². The largest absolute Gasteiger partial charge is 0.465 e. The van der Waals surface area contributed by atoms with Crippen LogP contribution in [0.25, 0.3) is 0 Å². The Morgan fingerprint density at radius 3 is 2.44 bits per heavy atom. The molecule has 0 aliphatic heterocycles. The van der Waals surface area contributed by atoms with Gasteiger partial charge in [0, 0.05) is 7.05 Å². The molecule has 1 N–H and O–H groups in total. The first-order valence-electron chi connectivity index (χ1n) is 5.68. The molecule has 0 saturated heterocycles. The molecule has 0 bridgehead atoms. The van der Waals surface area contributed by atoms with Crippen LogP contribution in [-0.4, -0.2) is 49.6 Å². The molecule has 5 heteroatoms. The summed E-state index contributed by atoms with van der Waals surface area (Å²) in [5.41, 5.74) is 0. The number of nitrogens with one attached hydrogen (secondary N) is 1. The van der Waals surface area contributed by atoms with Crippen LogP contribution in [0.15, 0.2) is 0 Å². The van der Waals surface area contributed by atoms with Gasteiger partial charge in [0.25, 0.3) is 0 Å². The fraction of sp³-hybridized carbons (Fsp3) is 0.818. The highest BCUT2D eigenvalue weighted by Gasteiger charge is 2.22. The van der Waals surface area contributed by atoms with E-state index < -0.39 is 0 Å². The van der Waals surface area contributed by atoms with Crippen molar-refractivity contribution >= 4 is 11.9 Å². The Hall–Kier alpha value is -1.10. The van der Waals surface area contributed by atoms with Crippen molar-refractivity contribution in [2.75, 3.05) is 26.7 Å². The van der Waals surface area contributed by atoms with E-state index in [1.807, 2.05) is 11.8 Å². The Bertz CT molecular complexity index is 231. The Balaban J connectivity index is 4.35. The molecule has 0 aromatic heterocycles. The van der Waals surface area contributed by atoms with Gasteiger partial charge in [-0.25, -0.2) is 0 Å². The lowest BCUT2D eigenvalue weighted by Gasteiger charge is -2.26. The summed E-state index contributed by atoms with van der Waals surface area (Å²) < 4.78 is 4.87. The average Bonchev–Trinajstić information content (AvgIpc) is 2.26. The van der Waals surface area contributed by atoms with E-state index in [0.29, 0.717) is 13.2 Å². The molecule has 1 atom stereocenters. The summed E-state index contributed by atoms with van der Waals surface area (Å²) in [6.45, 7) is 6.80. The van der Waals surface area contributed by atoms with Crippen molar-refractivity contribution in [1.29, 1.82) is 0 Å². The van der Waals surface area contributed by atoms with Gasteiger partial charge in [-0.3, -0.25) is 14.5 Å². The molecule has 5 nitrogen and oxygen atoms in total. The van der Waals surface area contributed by atoms with E-state index in [9.17, 15) is 9.59 Å². The summed E-state index contributed by atoms with van der Waals surface area (Å²) in [7, 11) is 1.59. The van der Waals surface area contributed by atoms with Gasteiger partial charge in [0.2, 0.25) is 5.91 Å². The maximum Gasteiger partial charge on any atom is 0.320 e. The van der Waals surface area contributed by atoms with E-state index in [1.54, 1.807) is 20.9 Å². The number of amides is 1. The number of rotatable bonds is 7. The van der Waals surface area contributed by atoms with Crippen molar-refractivity contribution < 1.29 is 14.3 Å². The first-order valence-corrected chi connectivity index (χ1v) is 5.68. The van der Waals surface area contributed by atoms with Crippen molar-refractivity contribution in [3.63, 3.8) is 0 Å². The minimum atomic E-state index is -0.311. The van der Waals surface area contributed by atoms with Crippen molar-refractivity contribution in [2.24, 2.45) is 0 Å². The average molecular weight is 230 g/mol. The van der Waals surface area contributed by atoms with Crippen LogP contribution < -0.4 is 5.32 Å². The topological polar surface area (TPSA) is 58.6 Å². The molecule has 0 aromatic rings. The molecule has 16 heavy (non-hydrogen) atoms. The number of ether oxygens (including phenoxy) is 1. The molecule has 0 spiro atoms. The number of likely N-dealkylation sites (N-methyl/N-ethyl adjacent to an activating group) is 1. The fourth-order valence-electron chi connectivity index (χ4n) is 1.44. The van der Waals surface area contributed by atoms with Gasteiger partial charge in [0.15, 0.2) is 0 Å². The van der Waals surface area contributed by atoms with Crippen LogP contribution in [0.4, 0.5) is 0 Å². The third-order valence-electron chi connectivity index (χ3n) is 2.32. The quantitative estimate of drug-likeness (QED) is 0.643. The van der Waals surface area contributed by atoms with Gasteiger partial charge < -0.3 is 10.1 Å². The van der Waals surface area contributed by atoms with Crippen molar-refractivity contribution in [3.05, 3.63) is 0 Å². The van der Waals surface area contributed by atoms with Crippen molar-refractivity contribution in [2.45, 2.75) is 33.2 Å². The molecule has 0 aromatic carbocycles. The third kappa shape index (κ3) is 5.11. The van der Waals surface area contributed by atoms with Gasteiger partial charge in [-0.05, 0) is 26.8 Å². The Kier molecular flexibility index (Phi) is 7.54. The van der Waals surface area contributed by atoms with Crippen LogP contribution in [0.2, 0.25) is 0 Å². The molecule has 0 heterocycles. The summed E-state index contributed by atoms with van der Waals surface area (Å²) in [4.78, 5) is 24.6. The van der Waals surface area contributed by atoms with Crippen molar-refractivity contribution in [1.82, 2.24) is 10.2 Å². The second-order valence-corrected chi connectivity index (χ2v) is 3.57. The molecule has 0 saturated carbocycles. The number of hydrogen-bond donors (Lipinski definition) is 1. The molecule has 0 rings (SSSR count). The zero-order valence-electron chi connectivity index (χ0n) is 10.6. The minimum absolute atomic E-state index is 0.0854. The Morgan fingerprint density at radius 2 is 2.00 bits per heavy atom. The van der Waals surface area contributed by atoms with Gasteiger partial charge >= 0.3 is 5.97 Å². The zero-order valence-corrected chi connectivity index (χ0v) is 10.6. The fourth-order valence-corrected chi connectivity index (χ4v) is 1.44. The first kappa shape index (κ1) is 14.9. The van der Waals surface area contributed by atoms with E-state index in [2.05, 4.69) is 5.32 Å². The molecule has 0 fully saturated rings. The molecular weight excluding hydrogens is 208 g/mol. The van der Waals surface area contributed by atoms with Gasteiger partial charge in [-0.1, -0.05) is 6.92 Å². The van der Waals surface area contributed by atoms with E-state index in [-0.39, 0.29) is 24.5 Å². The van der Waals surface area contributed by atoms with E-state index in [4.69, 9.17) is 4.74 Å². The second-order valence-electron chi connectivity index (χ2n) is 3.57. The SMILES string of the molecule is CCCN(CC(=O)OCC)C(C)C(=O)NC. The standard InChI is InChI=1S/C11H22N2O3/c1-5-7-13(8-10(14)16-6-2)9(3)11(15)12-4/h9H,5-8H2,1-4H3,(H,12,15). The lowest BCUT2D eigenvalue weighted by molar-refractivity contribution is -0.145. The van der Waals surface area contributed by atoms with Gasteiger partial charge in [0.05, 0.1) is 19.2 Å². The molecule has 1 unspecified atom stereocenters. The zero-order chi connectivity index (χ0) is 12.6. The highest BCUT2D eigenvalue weighted by molar-refractivity contribution is 5.82. The maximum absolute atomic E-state index is 11.5. The number of hydrogen-bond acceptors (Lipinski definition) is 4. The van der Waals surface area contributed by atoms with Crippen molar-refractivity contribution in [3.8, 4) is 0 Å². The molecule has 1 amide bonds. The minimum Gasteiger partial charge on any atom is -0.465 e. The predicted molar refractivity (Wildman–Crippen MR) is 62.0 cm³/mol. The number of carbonyl (C=O) groups is 2. The summed E-state index contributed by atoms with van der Waals surface area (Å²) >= 11 is 0. The molecule has 0 aliphatic rings. The molecular formula is C11H22N2O3. The van der Waals surface area contributed by atoms with E-state index in [1.165, 1.54) is 0 Å². The summed E-state index contributed by atoms with van der Waals surface area (Å²) in [5, 5.41) is 2.58. The highest BCUT2D eigenvalue weighted by atomic mass is 16.5. The second kappa shape index (κ2) is 8.10. The first-order chi connectivity index (χ1) is 7.56. The van der Waals surface area contributed by atoms with Crippen LogP contribution >= 0.6 is 0 Å². The molecule has 94 valence electrons. The van der Waals surface area contributed by atoms with Crippen LogP contribution in [0.5, 0.6) is 0 Å². The molecule has 0 aliphatic carbocycles. The molecule has 0 radical (unpaired) electrons. The normalized spacial score (nSPS) is 12.3. The van der Waals surface area contributed by atoms with Gasteiger partial charge in [0.1, 0.15) is 0 Å².